The van der Waals surface area contributed by atoms with E-state index in [1.165, 1.54) is 24.3 Å². The van der Waals surface area contributed by atoms with E-state index in [0.29, 0.717) is 45.4 Å². The Balaban J connectivity index is 1.79. The second-order valence-corrected chi connectivity index (χ2v) is 7.83. The molecule has 31 heavy (non-hydrogen) atoms. The summed E-state index contributed by atoms with van der Waals surface area (Å²) in [6.45, 7) is 2.71. The van der Waals surface area contributed by atoms with Crippen LogP contribution in [0, 0.1) is 5.82 Å². The van der Waals surface area contributed by atoms with Crippen molar-refractivity contribution in [2.24, 2.45) is 0 Å². The van der Waals surface area contributed by atoms with Gasteiger partial charge in [-0.25, -0.2) is 9.18 Å². The Bertz CT molecular complexity index is 1090. The fourth-order valence-corrected chi connectivity index (χ4v) is 3.67. The van der Waals surface area contributed by atoms with Crippen molar-refractivity contribution < 1.29 is 23.8 Å². The number of hydrogen-bond acceptors (Lipinski definition) is 4. The van der Waals surface area contributed by atoms with E-state index in [-0.39, 0.29) is 18.0 Å². The van der Waals surface area contributed by atoms with Crippen molar-refractivity contribution in [1.29, 1.82) is 0 Å². The molecule has 5 nitrogen and oxygen atoms in total. The third-order valence-electron chi connectivity index (χ3n) is 4.40. The zero-order chi connectivity index (χ0) is 22.4. The summed E-state index contributed by atoms with van der Waals surface area (Å²) in [6, 6.07) is 14.5. The molecule has 3 aromatic rings. The molecule has 8 heteroatoms. The Morgan fingerprint density at radius 1 is 1.16 bits per heavy atom. The highest BCUT2D eigenvalue weighted by atomic mass is 79.9. The molecule has 0 aliphatic carbocycles. The SMILES string of the molecule is CCOc1cc(CNc2cc(C(=O)O)ccc2Cl)cc(Br)c1OCc1ccccc1F. The summed E-state index contributed by atoms with van der Waals surface area (Å²) in [5, 5.41) is 12.7. The van der Waals surface area contributed by atoms with Crippen molar-refractivity contribution in [3.05, 3.63) is 86.6 Å². The van der Waals surface area contributed by atoms with Gasteiger partial charge in [-0.15, -0.1) is 0 Å². The van der Waals surface area contributed by atoms with Gasteiger partial charge in [-0.2, -0.15) is 0 Å². The van der Waals surface area contributed by atoms with E-state index in [1.54, 1.807) is 18.2 Å². The molecule has 0 radical (unpaired) electrons. The summed E-state index contributed by atoms with van der Waals surface area (Å²) in [6.07, 6.45) is 0. The first-order valence-electron chi connectivity index (χ1n) is 9.47. The highest BCUT2D eigenvalue weighted by molar-refractivity contribution is 9.10. The zero-order valence-corrected chi connectivity index (χ0v) is 19.0. The van der Waals surface area contributed by atoms with Crippen LogP contribution in [0.3, 0.4) is 0 Å². The minimum Gasteiger partial charge on any atom is -0.490 e. The van der Waals surface area contributed by atoms with E-state index in [4.69, 9.17) is 26.2 Å². The van der Waals surface area contributed by atoms with Gasteiger partial charge >= 0.3 is 5.97 Å². The van der Waals surface area contributed by atoms with Gasteiger partial charge in [0.15, 0.2) is 11.5 Å². The number of aromatic carboxylic acids is 1. The number of hydrogen-bond donors (Lipinski definition) is 2. The first-order chi connectivity index (χ1) is 14.9. The molecular formula is C23H20BrClFNO4. The second kappa shape index (κ2) is 10.5. The van der Waals surface area contributed by atoms with Crippen LogP contribution in [0.4, 0.5) is 10.1 Å². The minimum absolute atomic E-state index is 0.0561. The highest BCUT2D eigenvalue weighted by Crippen LogP contribution is 2.38. The van der Waals surface area contributed by atoms with Crippen LogP contribution in [-0.4, -0.2) is 17.7 Å². The molecule has 0 unspecified atom stereocenters. The van der Waals surface area contributed by atoms with E-state index < -0.39 is 5.97 Å². The first kappa shape index (κ1) is 22.9. The summed E-state index contributed by atoms with van der Waals surface area (Å²) < 4.78 is 26.1. The summed E-state index contributed by atoms with van der Waals surface area (Å²) in [7, 11) is 0. The zero-order valence-electron chi connectivity index (χ0n) is 16.6. The molecule has 0 saturated heterocycles. The van der Waals surface area contributed by atoms with Gasteiger partial charge in [0.25, 0.3) is 0 Å². The van der Waals surface area contributed by atoms with E-state index in [2.05, 4.69) is 21.2 Å². The van der Waals surface area contributed by atoms with Gasteiger partial charge in [-0.1, -0.05) is 29.8 Å². The van der Waals surface area contributed by atoms with Crippen LogP contribution in [0.25, 0.3) is 0 Å². The van der Waals surface area contributed by atoms with Gasteiger partial charge in [-0.3, -0.25) is 0 Å². The summed E-state index contributed by atoms with van der Waals surface area (Å²) in [5.74, 6) is -0.384. The molecule has 0 atom stereocenters. The molecule has 0 fully saturated rings. The maximum atomic E-state index is 13.9. The molecule has 0 saturated carbocycles. The quantitative estimate of drug-likeness (QED) is 0.344. The topological polar surface area (TPSA) is 67.8 Å². The first-order valence-corrected chi connectivity index (χ1v) is 10.6. The van der Waals surface area contributed by atoms with Gasteiger partial charge in [-0.05, 0) is 64.8 Å². The molecule has 0 aromatic heterocycles. The Morgan fingerprint density at radius 3 is 2.65 bits per heavy atom. The Labute approximate surface area is 192 Å². The second-order valence-electron chi connectivity index (χ2n) is 6.57. The number of rotatable bonds is 9. The lowest BCUT2D eigenvalue weighted by atomic mass is 10.1. The van der Waals surface area contributed by atoms with Crippen LogP contribution in [0.1, 0.15) is 28.4 Å². The number of carbonyl (C=O) groups is 1. The number of anilines is 1. The third kappa shape index (κ3) is 5.89. The molecule has 3 aromatic carbocycles. The number of halogens is 3. The van der Waals surface area contributed by atoms with Gasteiger partial charge in [0.1, 0.15) is 12.4 Å². The smallest absolute Gasteiger partial charge is 0.335 e. The monoisotopic (exact) mass is 507 g/mol. The van der Waals surface area contributed by atoms with Gasteiger partial charge in [0.2, 0.25) is 0 Å². The number of carboxylic acids is 1. The van der Waals surface area contributed by atoms with Gasteiger partial charge in [0.05, 0.1) is 27.4 Å². The molecule has 0 amide bonds. The molecular weight excluding hydrogens is 489 g/mol. The van der Waals surface area contributed by atoms with E-state index in [1.807, 2.05) is 19.1 Å². The van der Waals surface area contributed by atoms with Crippen molar-refractivity contribution in [1.82, 2.24) is 0 Å². The fourth-order valence-electron chi connectivity index (χ4n) is 2.88. The van der Waals surface area contributed by atoms with Crippen molar-refractivity contribution in [3.8, 4) is 11.5 Å². The standard InChI is InChI=1S/C23H20BrClFNO4/c1-2-30-21-10-14(12-27-20-11-15(23(28)29)7-8-18(20)25)9-17(24)22(21)31-13-16-5-3-4-6-19(16)26/h3-11,27H,2,12-13H2,1H3,(H,28,29). The van der Waals surface area contributed by atoms with E-state index in [9.17, 15) is 9.18 Å². The van der Waals surface area contributed by atoms with Crippen LogP contribution < -0.4 is 14.8 Å². The Morgan fingerprint density at radius 2 is 1.94 bits per heavy atom. The van der Waals surface area contributed by atoms with Crippen LogP contribution in [0.15, 0.2) is 59.1 Å². The highest BCUT2D eigenvalue weighted by Gasteiger charge is 2.14. The van der Waals surface area contributed by atoms with E-state index in [0.717, 1.165) is 5.56 Å². The molecule has 0 aliphatic heterocycles. The van der Waals surface area contributed by atoms with E-state index >= 15 is 0 Å². The molecule has 3 rings (SSSR count). The lowest BCUT2D eigenvalue weighted by Gasteiger charge is -2.16. The summed E-state index contributed by atoms with van der Waals surface area (Å²) in [5.41, 5.74) is 1.94. The molecule has 0 bridgehead atoms. The molecule has 0 aliphatic rings. The predicted molar refractivity (Wildman–Crippen MR) is 122 cm³/mol. The maximum absolute atomic E-state index is 13.9. The largest absolute Gasteiger partial charge is 0.490 e. The summed E-state index contributed by atoms with van der Waals surface area (Å²) in [4.78, 5) is 11.2. The lowest BCUT2D eigenvalue weighted by Crippen LogP contribution is -2.05. The van der Waals surface area contributed by atoms with Gasteiger partial charge < -0.3 is 19.9 Å². The van der Waals surface area contributed by atoms with Crippen molar-refractivity contribution in [2.45, 2.75) is 20.1 Å². The van der Waals surface area contributed by atoms with Crippen LogP contribution in [-0.2, 0) is 13.2 Å². The van der Waals surface area contributed by atoms with Crippen LogP contribution in [0.5, 0.6) is 11.5 Å². The minimum atomic E-state index is -1.03. The lowest BCUT2D eigenvalue weighted by molar-refractivity contribution is 0.0697. The number of carboxylic acid groups (broad SMARTS) is 1. The number of nitrogens with one attached hydrogen (secondary N) is 1. The fraction of sp³-hybridized carbons (Fsp3) is 0.174. The van der Waals surface area contributed by atoms with Crippen LogP contribution in [0.2, 0.25) is 5.02 Å². The average Bonchev–Trinajstić information content (AvgIpc) is 2.73. The molecule has 0 spiro atoms. The predicted octanol–water partition coefficient (Wildman–Crippen LogP) is 6.53. The van der Waals surface area contributed by atoms with Crippen molar-refractivity contribution >= 4 is 39.2 Å². The third-order valence-corrected chi connectivity index (χ3v) is 5.31. The van der Waals surface area contributed by atoms with Gasteiger partial charge in [0, 0.05) is 12.1 Å². The molecule has 162 valence electrons. The Hall–Kier alpha value is -2.77. The number of ether oxygens (including phenoxy) is 2. The normalized spacial score (nSPS) is 10.6. The summed E-state index contributed by atoms with van der Waals surface area (Å²) >= 11 is 9.68. The maximum Gasteiger partial charge on any atom is 0.335 e. The number of benzene rings is 3. The Kier molecular flexibility index (Phi) is 7.76. The van der Waals surface area contributed by atoms with Crippen molar-refractivity contribution in [3.63, 3.8) is 0 Å². The van der Waals surface area contributed by atoms with Crippen molar-refractivity contribution in [2.75, 3.05) is 11.9 Å². The molecule has 2 N–H and O–H groups in total. The molecule has 0 heterocycles. The van der Waals surface area contributed by atoms with Crippen LogP contribution >= 0.6 is 27.5 Å². The average molecular weight is 509 g/mol.